The minimum absolute atomic E-state index is 0.0436. The van der Waals surface area contributed by atoms with Crippen molar-refractivity contribution in [2.24, 2.45) is 0 Å². The molecule has 1 atom stereocenters. The number of hydrogen-bond acceptors (Lipinski definition) is 4. The second-order valence-corrected chi connectivity index (χ2v) is 3.84. The number of aliphatic hydroxyl groups is 1. The SMILES string of the molecule is CC(Oc1ccc(F)cc1)C(=O)NCCOCCO. The number of halogens is 1. The highest BCUT2D eigenvalue weighted by atomic mass is 19.1. The van der Waals surface area contributed by atoms with Crippen LogP contribution < -0.4 is 10.1 Å². The first-order chi connectivity index (χ1) is 9.13. The summed E-state index contributed by atoms with van der Waals surface area (Å²) in [6.07, 6.45) is -0.677. The van der Waals surface area contributed by atoms with Crippen molar-refractivity contribution < 1.29 is 23.8 Å². The molecule has 1 aromatic rings. The van der Waals surface area contributed by atoms with Crippen LogP contribution in [0.3, 0.4) is 0 Å². The van der Waals surface area contributed by atoms with Crippen molar-refractivity contribution in [3.8, 4) is 5.75 Å². The number of amides is 1. The van der Waals surface area contributed by atoms with Crippen molar-refractivity contribution in [3.63, 3.8) is 0 Å². The summed E-state index contributed by atoms with van der Waals surface area (Å²) in [5.41, 5.74) is 0. The molecular formula is C13H18FNO4. The number of carbonyl (C=O) groups is 1. The predicted molar refractivity (Wildman–Crippen MR) is 67.4 cm³/mol. The number of benzene rings is 1. The van der Waals surface area contributed by atoms with E-state index in [2.05, 4.69) is 5.32 Å². The number of hydrogen-bond donors (Lipinski definition) is 2. The topological polar surface area (TPSA) is 67.8 Å². The Morgan fingerprint density at radius 1 is 1.37 bits per heavy atom. The van der Waals surface area contributed by atoms with Gasteiger partial charge in [-0.3, -0.25) is 4.79 Å². The summed E-state index contributed by atoms with van der Waals surface area (Å²) in [6, 6.07) is 5.46. The number of nitrogens with one attached hydrogen (secondary N) is 1. The largest absolute Gasteiger partial charge is 0.481 e. The highest BCUT2D eigenvalue weighted by Crippen LogP contribution is 2.12. The number of aliphatic hydroxyl groups excluding tert-OH is 1. The van der Waals surface area contributed by atoms with Gasteiger partial charge in [0.2, 0.25) is 0 Å². The second-order valence-electron chi connectivity index (χ2n) is 3.84. The average molecular weight is 271 g/mol. The fourth-order valence-corrected chi connectivity index (χ4v) is 1.33. The molecule has 0 bridgehead atoms. The van der Waals surface area contributed by atoms with Gasteiger partial charge in [0, 0.05) is 6.54 Å². The fourth-order valence-electron chi connectivity index (χ4n) is 1.33. The molecule has 0 aromatic heterocycles. The highest BCUT2D eigenvalue weighted by Gasteiger charge is 2.13. The molecule has 0 saturated heterocycles. The van der Waals surface area contributed by atoms with E-state index in [0.717, 1.165) is 0 Å². The van der Waals surface area contributed by atoms with Crippen LogP contribution in [-0.2, 0) is 9.53 Å². The van der Waals surface area contributed by atoms with Crippen molar-refractivity contribution in [2.75, 3.05) is 26.4 Å². The van der Waals surface area contributed by atoms with Crippen LogP contribution in [0.5, 0.6) is 5.75 Å². The monoisotopic (exact) mass is 271 g/mol. The Hall–Kier alpha value is -1.66. The molecule has 0 saturated carbocycles. The standard InChI is InChI=1S/C13H18FNO4/c1-10(13(17)15-6-8-18-9-7-16)19-12-4-2-11(14)3-5-12/h2-5,10,16H,6-9H2,1H3,(H,15,17). The first-order valence-electron chi connectivity index (χ1n) is 6.02. The molecule has 0 aliphatic rings. The zero-order valence-corrected chi connectivity index (χ0v) is 10.8. The van der Waals surface area contributed by atoms with Gasteiger partial charge in [-0.2, -0.15) is 0 Å². The number of ether oxygens (including phenoxy) is 2. The second kappa shape index (κ2) is 8.44. The Labute approximate surface area is 111 Å². The van der Waals surface area contributed by atoms with E-state index in [1.807, 2.05) is 0 Å². The number of carbonyl (C=O) groups excluding carboxylic acids is 1. The minimum atomic E-state index is -0.677. The van der Waals surface area contributed by atoms with E-state index < -0.39 is 6.10 Å². The van der Waals surface area contributed by atoms with Crippen molar-refractivity contribution in [1.29, 1.82) is 0 Å². The summed E-state index contributed by atoms with van der Waals surface area (Å²) in [5, 5.41) is 11.1. The summed E-state index contributed by atoms with van der Waals surface area (Å²) in [6.45, 7) is 2.48. The summed E-state index contributed by atoms with van der Waals surface area (Å²) in [4.78, 5) is 11.6. The lowest BCUT2D eigenvalue weighted by Gasteiger charge is -2.14. The van der Waals surface area contributed by atoms with Gasteiger partial charge in [-0.05, 0) is 31.2 Å². The molecule has 0 aliphatic carbocycles. The molecule has 1 unspecified atom stereocenters. The summed E-state index contributed by atoms with van der Waals surface area (Å²) in [5.74, 6) is -0.206. The van der Waals surface area contributed by atoms with Crippen molar-refractivity contribution >= 4 is 5.91 Å². The Morgan fingerprint density at radius 2 is 2.05 bits per heavy atom. The molecule has 19 heavy (non-hydrogen) atoms. The Morgan fingerprint density at radius 3 is 2.68 bits per heavy atom. The lowest BCUT2D eigenvalue weighted by atomic mass is 10.3. The molecular weight excluding hydrogens is 253 g/mol. The maximum absolute atomic E-state index is 12.7. The van der Waals surface area contributed by atoms with Gasteiger partial charge in [-0.25, -0.2) is 4.39 Å². The lowest BCUT2D eigenvalue weighted by Crippen LogP contribution is -2.38. The summed E-state index contributed by atoms with van der Waals surface area (Å²) in [7, 11) is 0. The average Bonchev–Trinajstić information content (AvgIpc) is 2.41. The van der Waals surface area contributed by atoms with Gasteiger partial charge in [0.1, 0.15) is 11.6 Å². The molecule has 1 rings (SSSR count). The third-order valence-electron chi connectivity index (χ3n) is 2.28. The van der Waals surface area contributed by atoms with E-state index in [-0.39, 0.29) is 24.9 Å². The third-order valence-corrected chi connectivity index (χ3v) is 2.28. The Balaban J connectivity index is 2.26. The van der Waals surface area contributed by atoms with Gasteiger partial charge in [-0.15, -0.1) is 0 Å². The first-order valence-corrected chi connectivity index (χ1v) is 6.02. The van der Waals surface area contributed by atoms with E-state index in [0.29, 0.717) is 18.9 Å². The van der Waals surface area contributed by atoms with Crippen LogP contribution in [0.25, 0.3) is 0 Å². The number of rotatable bonds is 8. The molecule has 6 heteroatoms. The fraction of sp³-hybridized carbons (Fsp3) is 0.462. The molecule has 5 nitrogen and oxygen atoms in total. The van der Waals surface area contributed by atoms with Crippen LogP contribution in [0, 0.1) is 5.82 Å². The van der Waals surface area contributed by atoms with Gasteiger partial charge in [0.05, 0.1) is 19.8 Å². The van der Waals surface area contributed by atoms with Crippen LogP contribution >= 0.6 is 0 Å². The van der Waals surface area contributed by atoms with Crippen LogP contribution in [0.2, 0.25) is 0 Å². The van der Waals surface area contributed by atoms with Gasteiger partial charge in [0.25, 0.3) is 5.91 Å². The van der Waals surface area contributed by atoms with E-state index in [9.17, 15) is 9.18 Å². The maximum atomic E-state index is 12.7. The van der Waals surface area contributed by atoms with Crippen LogP contribution in [-0.4, -0.2) is 43.5 Å². The van der Waals surface area contributed by atoms with Crippen molar-refractivity contribution in [3.05, 3.63) is 30.1 Å². The van der Waals surface area contributed by atoms with Crippen LogP contribution in [0.4, 0.5) is 4.39 Å². The molecule has 1 amide bonds. The van der Waals surface area contributed by atoms with Crippen LogP contribution in [0.1, 0.15) is 6.92 Å². The van der Waals surface area contributed by atoms with E-state index in [4.69, 9.17) is 14.6 Å². The van der Waals surface area contributed by atoms with Gasteiger partial charge < -0.3 is 19.9 Å². The van der Waals surface area contributed by atoms with Crippen molar-refractivity contribution in [1.82, 2.24) is 5.32 Å². The maximum Gasteiger partial charge on any atom is 0.260 e. The summed E-state index contributed by atoms with van der Waals surface area (Å²) >= 11 is 0. The Bertz CT molecular complexity index is 383. The molecule has 106 valence electrons. The zero-order valence-electron chi connectivity index (χ0n) is 10.8. The van der Waals surface area contributed by atoms with Gasteiger partial charge in [0.15, 0.2) is 6.10 Å². The molecule has 2 N–H and O–H groups in total. The molecule has 0 aliphatic heterocycles. The van der Waals surface area contributed by atoms with Gasteiger partial charge in [-0.1, -0.05) is 0 Å². The zero-order chi connectivity index (χ0) is 14.1. The summed E-state index contributed by atoms with van der Waals surface area (Å²) < 4.78 is 23.0. The predicted octanol–water partition coefficient (Wildman–Crippen LogP) is 0.718. The molecule has 0 heterocycles. The Kier molecular flexibility index (Phi) is 6.84. The molecule has 1 aromatic carbocycles. The quantitative estimate of drug-likeness (QED) is 0.684. The molecule has 0 fully saturated rings. The van der Waals surface area contributed by atoms with E-state index >= 15 is 0 Å². The normalized spacial score (nSPS) is 11.9. The minimum Gasteiger partial charge on any atom is -0.481 e. The van der Waals surface area contributed by atoms with E-state index in [1.54, 1.807) is 6.92 Å². The highest BCUT2D eigenvalue weighted by molar-refractivity contribution is 5.80. The third kappa shape index (κ3) is 6.17. The molecule has 0 spiro atoms. The first kappa shape index (κ1) is 15.4. The molecule has 0 radical (unpaired) electrons. The van der Waals surface area contributed by atoms with Gasteiger partial charge >= 0.3 is 0 Å². The van der Waals surface area contributed by atoms with Crippen LogP contribution in [0.15, 0.2) is 24.3 Å². The smallest absolute Gasteiger partial charge is 0.260 e. The van der Waals surface area contributed by atoms with Crippen molar-refractivity contribution in [2.45, 2.75) is 13.0 Å². The lowest BCUT2D eigenvalue weighted by molar-refractivity contribution is -0.127. The van der Waals surface area contributed by atoms with E-state index in [1.165, 1.54) is 24.3 Å².